The molecule has 4 heteroatoms. The molecule has 1 unspecified atom stereocenters. The zero-order valence-corrected chi connectivity index (χ0v) is 15.3. The van der Waals surface area contributed by atoms with Crippen LogP contribution in [0.4, 0.5) is 5.69 Å². The number of anilines is 1. The molecule has 2 aromatic rings. The lowest BCUT2D eigenvalue weighted by molar-refractivity contribution is 0.532. The molecule has 21 heavy (non-hydrogen) atoms. The van der Waals surface area contributed by atoms with E-state index < -0.39 is 0 Å². The molecule has 1 atom stereocenters. The van der Waals surface area contributed by atoms with Gasteiger partial charge in [0.05, 0.1) is 0 Å². The number of nitrogens with zero attached hydrogens (tertiary/aromatic N) is 1. The van der Waals surface area contributed by atoms with Gasteiger partial charge in [-0.15, -0.1) is 11.3 Å². The van der Waals surface area contributed by atoms with Crippen LogP contribution in [-0.2, 0) is 6.42 Å². The summed E-state index contributed by atoms with van der Waals surface area (Å²) in [5.41, 5.74) is 2.61. The number of thiophene rings is 1. The average molecular weight is 367 g/mol. The van der Waals surface area contributed by atoms with Gasteiger partial charge in [-0.25, -0.2) is 0 Å². The van der Waals surface area contributed by atoms with Crippen molar-refractivity contribution in [2.75, 3.05) is 25.5 Å². The minimum absolute atomic E-state index is 0.371. The Bertz CT molecular complexity index is 565. The van der Waals surface area contributed by atoms with E-state index in [0.717, 1.165) is 19.4 Å². The van der Waals surface area contributed by atoms with Crippen LogP contribution in [-0.4, -0.2) is 20.6 Å². The second kappa shape index (κ2) is 7.97. The van der Waals surface area contributed by atoms with Crippen LogP contribution in [0.1, 0.15) is 29.8 Å². The van der Waals surface area contributed by atoms with Crippen LogP contribution in [0.5, 0.6) is 0 Å². The molecule has 0 aliphatic carbocycles. The van der Waals surface area contributed by atoms with Crippen molar-refractivity contribution in [1.82, 2.24) is 5.32 Å². The lowest BCUT2D eigenvalue weighted by Gasteiger charge is -2.21. The minimum Gasteiger partial charge on any atom is -0.378 e. The highest BCUT2D eigenvalue weighted by Gasteiger charge is 2.13. The molecule has 0 saturated heterocycles. The highest BCUT2D eigenvalue weighted by molar-refractivity contribution is 9.10. The molecule has 0 fully saturated rings. The van der Waals surface area contributed by atoms with Gasteiger partial charge in [0.25, 0.3) is 0 Å². The molecule has 0 spiro atoms. The Morgan fingerprint density at radius 3 is 2.71 bits per heavy atom. The molecule has 2 nitrogen and oxygen atoms in total. The SMILES string of the molecule is CCCNC(Cc1cc(Br)cs1)c1cccc(N(C)C)c1. The molecule has 114 valence electrons. The Morgan fingerprint density at radius 2 is 2.10 bits per heavy atom. The van der Waals surface area contributed by atoms with Crippen LogP contribution in [0.25, 0.3) is 0 Å². The quantitative estimate of drug-likeness (QED) is 0.752. The summed E-state index contributed by atoms with van der Waals surface area (Å²) >= 11 is 5.36. The van der Waals surface area contributed by atoms with Crippen molar-refractivity contribution in [2.45, 2.75) is 25.8 Å². The van der Waals surface area contributed by atoms with Crippen LogP contribution in [0.3, 0.4) is 0 Å². The first kappa shape index (κ1) is 16.5. The molecule has 0 amide bonds. The Labute approximate surface area is 140 Å². The van der Waals surface area contributed by atoms with Crippen LogP contribution in [0.2, 0.25) is 0 Å². The fourth-order valence-corrected chi connectivity index (χ4v) is 3.81. The largest absolute Gasteiger partial charge is 0.378 e. The second-order valence-electron chi connectivity index (χ2n) is 5.43. The summed E-state index contributed by atoms with van der Waals surface area (Å²) in [5, 5.41) is 5.84. The van der Waals surface area contributed by atoms with E-state index >= 15 is 0 Å². The van der Waals surface area contributed by atoms with Gasteiger partial charge in [0.1, 0.15) is 0 Å². The lowest BCUT2D eigenvalue weighted by Crippen LogP contribution is -2.24. The molecule has 1 heterocycles. The first-order valence-electron chi connectivity index (χ1n) is 7.33. The third-order valence-electron chi connectivity index (χ3n) is 3.46. The van der Waals surface area contributed by atoms with Gasteiger partial charge in [-0.05, 0) is 52.7 Å². The van der Waals surface area contributed by atoms with Crippen molar-refractivity contribution in [1.29, 1.82) is 0 Å². The van der Waals surface area contributed by atoms with Crippen molar-refractivity contribution in [3.8, 4) is 0 Å². The molecule has 0 aliphatic heterocycles. The molecular formula is C17H23BrN2S. The number of benzene rings is 1. The van der Waals surface area contributed by atoms with E-state index in [0.29, 0.717) is 6.04 Å². The zero-order chi connectivity index (χ0) is 15.2. The maximum absolute atomic E-state index is 3.68. The van der Waals surface area contributed by atoms with Crippen LogP contribution in [0.15, 0.2) is 40.2 Å². The number of halogens is 1. The Hall–Kier alpha value is -0.840. The van der Waals surface area contributed by atoms with E-state index in [1.165, 1.54) is 20.6 Å². The van der Waals surface area contributed by atoms with Gasteiger partial charge in [0.2, 0.25) is 0 Å². The zero-order valence-electron chi connectivity index (χ0n) is 12.9. The van der Waals surface area contributed by atoms with Crippen molar-refractivity contribution >= 4 is 33.0 Å². The Balaban J connectivity index is 2.20. The smallest absolute Gasteiger partial charge is 0.0369 e. The third-order valence-corrected chi connectivity index (χ3v) is 5.18. The number of rotatable bonds is 7. The molecular weight excluding hydrogens is 344 g/mol. The molecule has 2 rings (SSSR count). The van der Waals surface area contributed by atoms with E-state index in [-0.39, 0.29) is 0 Å². The fourth-order valence-electron chi connectivity index (χ4n) is 2.31. The minimum atomic E-state index is 0.371. The predicted molar refractivity (Wildman–Crippen MR) is 97.5 cm³/mol. The van der Waals surface area contributed by atoms with E-state index in [1.54, 1.807) is 0 Å². The maximum Gasteiger partial charge on any atom is 0.0369 e. The summed E-state index contributed by atoms with van der Waals surface area (Å²) in [5.74, 6) is 0. The van der Waals surface area contributed by atoms with Gasteiger partial charge in [0, 0.05) is 47.0 Å². The number of hydrogen-bond donors (Lipinski definition) is 1. The summed E-state index contributed by atoms with van der Waals surface area (Å²) in [6.45, 7) is 3.26. The van der Waals surface area contributed by atoms with E-state index in [1.807, 2.05) is 11.3 Å². The van der Waals surface area contributed by atoms with E-state index in [4.69, 9.17) is 0 Å². The lowest BCUT2D eigenvalue weighted by atomic mass is 10.0. The molecule has 0 aliphatic rings. The highest BCUT2D eigenvalue weighted by Crippen LogP contribution is 2.27. The maximum atomic E-state index is 3.68. The summed E-state index contributed by atoms with van der Waals surface area (Å²) in [6, 6.07) is 11.4. The number of nitrogens with one attached hydrogen (secondary N) is 1. The Morgan fingerprint density at radius 1 is 1.29 bits per heavy atom. The van der Waals surface area contributed by atoms with Crippen LogP contribution >= 0.6 is 27.3 Å². The van der Waals surface area contributed by atoms with Gasteiger partial charge in [-0.1, -0.05) is 19.1 Å². The molecule has 0 saturated carbocycles. The predicted octanol–water partition coefficient (Wildman–Crippen LogP) is 4.86. The van der Waals surface area contributed by atoms with Crippen molar-refractivity contribution < 1.29 is 0 Å². The van der Waals surface area contributed by atoms with Crippen LogP contribution < -0.4 is 10.2 Å². The van der Waals surface area contributed by atoms with Gasteiger partial charge in [0.15, 0.2) is 0 Å². The van der Waals surface area contributed by atoms with Crippen LogP contribution in [0, 0.1) is 0 Å². The molecule has 0 radical (unpaired) electrons. The van der Waals surface area contributed by atoms with Gasteiger partial charge >= 0.3 is 0 Å². The Kier molecular flexibility index (Phi) is 6.27. The topological polar surface area (TPSA) is 15.3 Å². The highest BCUT2D eigenvalue weighted by atomic mass is 79.9. The average Bonchev–Trinajstić information content (AvgIpc) is 2.89. The fraction of sp³-hybridized carbons (Fsp3) is 0.412. The summed E-state index contributed by atoms with van der Waals surface area (Å²) < 4.78 is 1.18. The van der Waals surface area contributed by atoms with Gasteiger partial charge < -0.3 is 10.2 Å². The first-order valence-corrected chi connectivity index (χ1v) is 9.01. The van der Waals surface area contributed by atoms with Crippen molar-refractivity contribution in [3.05, 3.63) is 50.6 Å². The summed E-state index contributed by atoms with van der Waals surface area (Å²) in [7, 11) is 4.17. The molecule has 1 aromatic carbocycles. The van der Waals surface area contributed by atoms with Crippen molar-refractivity contribution in [3.63, 3.8) is 0 Å². The summed E-state index contributed by atoms with van der Waals surface area (Å²) in [4.78, 5) is 3.56. The second-order valence-corrected chi connectivity index (χ2v) is 7.34. The molecule has 1 aromatic heterocycles. The number of hydrogen-bond acceptors (Lipinski definition) is 3. The summed E-state index contributed by atoms with van der Waals surface area (Å²) in [6.07, 6.45) is 2.19. The molecule has 1 N–H and O–H groups in total. The standard InChI is InChI=1S/C17H23BrN2S/c1-4-8-19-17(11-16-10-14(18)12-21-16)13-6-5-7-15(9-13)20(2)3/h5-7,9-10,12,17,19H,4,8,11H2,1-3H3. The molecule has 0 bridgehead atoms. The van der Waals surface area contributed by atoms with Crippen molar-refractivity contribution in [2.24, 2.45) is 0 Å². The normalized spacial score (nSPS) is 12.4. The monoisotopic (exact) mass is 366 g/mol. The third kappa shape index (κ3) is 4.83. The first-order chi connectivity index (χ1) is 10.1. The van der Waals surface area contributed by atoms with Gasteiger partial charge in [-0.2, -0.15) is 0 Å². The van der Waals surface area contributed by atoms with Gasteiger partial charge in [-0.3, -0.25) is 0 Å². The van der Waals surface area contributed by atoms with E-state index in [2.05, 4.69) is 82.9 Å². The van der Waals surface area contributed by atoms with E-state index in [9.17, 15) is 0 Å².